The number of rotatable bonds is 4. The van der Waals surface area contributed by atoms with Gasteiger partial charge in [0.1, 0.15) is 5.75 Å². The van der Waals surface area contributed by atoms with E-state index in [1.54, 1.807) is 12.1 Å². The van der Waals surface area contributed by atoms with Gasteiger partial charge in [-0.2, -0.15) is 0 Å². The number of phenols is 1. The lowest BCUT2D eigenvalue weighted by Crippen LogP contribution is -2.36. The van der Waals surface area contributed by atoms with E-state index in [1.165, 1.54) is 0 Å². The van der Waals surface area contributed by atoms with Crippen molar-refractivity contribution in [1.29, 1.82) is 0 Å². The van der Waals surface area contributed by atoms with Crippen molar-refractivity contribution in [2.75, 3.05) is 0 Å². The van der Waals surface area contributed by atoms with Crippen LogP contribution in [0.5, 0.6) is 5.75 Å². The third kappa shape index (κ3) is 3.39. The molecule has 0 aliphatic heterocycles. The van der Waals surface area contributed by atoms with E-state index in [0.717, 1.165) is 12.1 Å². The molecule has 0 heterocycles. The first-order chi connectivity index (χ1) is 7.41. The molecule has 0 fully saturated rings. The third-order valence-corrected chi connectivity index (χ3v) is 3.07. The predicted molar refractivity (Wildman–Crippen MR) is 68.9 cm³/mol. The lowest BCUT2D eigenvalue weighted by molar-refractivity contribution is 0.166. The molecule has 2 nitrogen and oxygen atoms in total. The van der Waals surface area contributed by atoms with E-state index in [4.69, 9.17) is 11.6 Å². The van der Waals surface area contributed by atoms with Crippen LogP contribution in [-0.4, -0.2) is 22.1 Å². The number of hydrogen-bond acceptors (Lipinski definition) is 2. The predicted octanol–water partition coefficient (Wildman–Crippen LogP) is 3.66. The molecule has 1 rings (SSSR count). The minimum Gasteiger partial charge on any atom is -0.508 e. The van der Waals surface area contributed by atoms with E-state index < -0.39 is 0 Å². The van der Waals surface area contributed by atoms with Crippen molar-refractivity contribution in [1.82, 2.24) is 4.90 Å². The van der Waals surface area contributed by atoms with Gasteiger partial charge < -0.3 is 5.11 Å². The molecule has 0 bridgehead atoms. The zero-order chi connectivity index (χ0) is 12.3. The lowest BCUT2D eigenvalue weighted by Gasteiger charge is -2.30. The Hall–Kier alpha value is -0.730. The molecule has 0 amide bonds. The summed E-state index contributed by atoms with van der Waals surface area (Å²) in [6.07, 6.45) is 0. The molecule has 0 atom stereocenters. The molecule has 1 aromatic rings. The smallest absolute Gasteiger partial charge is 0.117 e. The largest absolute Gasteiger partial charge is 0.508 e. The summed E-state index contributed by atoms with van der Waals surface area (Å²) in [6.45, 7) is 9.51. The van der Waals surface area contributed by atoms with Gasteiger partial charge in [-0.05, 0) is 45.4 Å². The third-order valence-electron chi connectivity index (χ3n) is 2.72. The first-order valence-corrected chi connectivity index (χ1v) is 6.02. The second-order valence-corrected chi connectivity index (χ2v) is 5.04. The Morgan fingerprint density at radius 3 is 2.19 bits per heavy atom. The molecule has 1 N–H and O–H groups in total. The SMILES string of the molecule is CC(C)N(Cc1ccc(O)cc1Cl)C(C)C. The number of nitrogens with zero attached hydrogens (tertiary/aromatic N) is 1. The number of benzene rings is 1. The van der Waals surface area contributed by atoms with Crippen LogP contribution in [0.1, 0.15) is 33.3 Å². The van der Waals surface area contributed by atoms with Crippen LogP contribution in [0.4, 0.5) is 0 Å². The highest BCUT2D eigenvalue weighted by molar-refractivity contribution is 6.31. The van der Waals surface area contributed by atoms with Crippen molar-refractivity contribution in [3.8, 4) is 5.75 Å². The van der Waals surface area contributed by atoms with Crippen molar-refractivity contribution in [3.63, 3.8) is 0 Å². The average molecular weight is 242 g/mol. The Balaban J connectivity index is 2.85. The Labute approximate surface area is 103 Å². The number of hydrogen-bond donors (Lipinski definition) is 1. The van der Waals surface area contributed by atoms with E-state index in [2.05, 4.69) is 32.6 Å². The van der Waals surface area contributed by atoms with Gasteiger partial charge in [-0.15, -0.1) is 0 Å². The maximum atomic E-state index is 9.29. The van der Waals surface area contributed by atoms with Gasteiger partial charge in [0.25, 0.3) is 0 Å². The van der Waals surface area contributed by atoms with Gasteiger partial charge in [0.05, 0.1) is 0 Å². The summed E-state index contributed by atoms with van der Waals surface area (Å²) in [5, 5.41) is 9.92. The molecule has 0 aliphatic carbocycles. The average Bonchev–Trinajstić information content (AvgIpc) is 2.15. The van der Waals surface area contributed by atoms with Crippen molar-refractivity contribution < 1.29 is 5.11 Å². The van der Waals surface area contributed by atoms with Crippen molar-refractivity contribution in [2.45, 2.75) is 46.3 Å². The summed E-state index contributed by atoms with van der Waals surface area (Å²) in [4.78, 5) is 2.36. The highest BCUT2D eigenvalue weighted by Gasteiger charge is 2.15. The van der Waals surface area contributed by atoms with Crippen LogP contribution in [0.15, 0.2) is 18.2 Å². The molecule has 0 spiro atoms. The van der Waals surface area contributed by atoms with E-state index >= 15 is 0 Å². The second kappa shape index (κ2) is 5.55. The van der Waals surface area contributed by atoms with Crippen LogP contribution in [0.2, 0.25) is 5.02 Å². The molecule has 16 heavy (non-hydrogen) atoms. The Bertz CT molecular complexity index is 342. The van der Waals surface area contributed by atoms with Crippen molar-refractivity contribution in [3.05, 3.63) is 28.8 Å². The first-order valence-electron chi connectivity index (χ1n) is 5.65. The Morgan fingerprint density at radius 2 is 1.75 bits per heavy atom. The van der Waals surface area contributed by atoms with Gasteiger partial charge >= 0.3 is 0 Å². The van der Waals surface area contributed by atoms with E-state index in [-0.39, 0.29) is 5.75 Å². The Morgan fingerprint density at radius 1 is 1.19 bits per heavy atom. The number of phenolic OH excluding ortho intramolecular Hbond substituents is 1. The monoisotopic (exact) mass is 241 g/mol. The van der Waals surface area contributed by atoms with Crippen LogP contribution in [0, 0.1) is 0 Å². The highest BCUT2D eigenvalue weighted by atomic mass is 35.5. The second-order valence-electron chi connectivity index (χ2n) is 4.64. The molecule has 0 saturated carbocycles. The van der Waals surface area contributed by atoms with Crippen LogP contribution in [0.25, 0.3) is 0 Å². The Kier molecular flexibility index (Phi) is 4.63. The van der Waals surface area contributed by atoms with Gasteiger partial charge in [0, 0.05) is 23.7 Å². The molecular weight excluding hydrogens is 222 g/mol. The fourth-order valence-electron chi connectivity index (χ4n) is 1.82. The fourth-order valence-corrected chi connectivity index (χ4v) is 2.06. The minimum absolute atomic E-state index is 0.217. The quantitative estimate of drug-likeness (QED) is 0.870. The van der Waals surface area contributed by atoms with Crippen LogP contribution >= 0.6 is 11.6 Å². The minimum atomic E-state index is 0.217. The molecule has 0 saturated heterocycles. The van der Waals surface area contributed by atoms with Crippen LogP contribution in [0.3, 0.4) is 0 Å². The molecule has 0 radical (unpaired) electrons. The summed E-state index contributed by atoms with van der Waals surface area (Å²) in [7, 11) is 0. The van der Waals surface area contributed by atoms with Gasteiger partial charge in [-0.25, -0.2) is 0 Å². The maximum absolute atomic E-state index is 9.29. The lowest BCUT2D eigenvalue weighted by atomic mass is 10.1. The van der Waals surface area contributed by atoms with Crippen LogP contribution < -0.4 is 0 Å². The zero-order valence-electron chi connectivity index (χ0n) is 10.4. The fraction of sp³-hybridized carbons (Fsp3) is 0.538. The summed E-state index contributed by atoms with van der Waals surface area (Å²) in [6, 6.07) is 6.11. The molecule has 1 aromatic carbocycles. The van der Waals surface area contributed by atoms with Gasteiger partial charge in [-0.1, -0.05) is 17.7 Å². The standard InChI is InChI=1S/C13H20ClNO/c1-9(2)15(10(3)4)8-11-5-6-12(16)7-13(11)14/h5-7,9-10,16H,8H2,1-4H3. The van der Waals surface area contributed by atoms with Crippen molar-refractivity contribution >= 4 is 11.6 Å². The summed E-state index contributed by atoms with van der Waals surface area (Å²) in [5.74, 6) is 0.217. The van der Waals surface area contributed by atoms with Gasteiger partial charge in [0.2, 0.25) is 0 Å². The number of aromatic hydroxyl groups is 1. The highest BCUT2D eigenvalue weighted by Crippen LogP contribution is 2.24. The molecule has 3 heteroatoms. The normalized spacial score (nSPS) is 11.8. The molecular formula is C13H20ClNO. The number of halogens is 1. The molecule has 0 aromatic heterocycles. The maximum Gasteiger partial charge on any atom is 0.117 e. The van der Waals surface area contributed by atoms with Crippen LogP contribution in [-0.2, 0) is 6.54 Å². The molecule has 0 aliphatic rings. The van der Waals surface area contributed by atoms with Gasteiger partial charge in [0.15, 0.2) is 0 Å². The van der Waals surface area contributed by atoms with E-state index in [0.29, 0.717) is 17.1 Å². The van der Waals surface area contributed by atoms with E-state index in [1.807, 2.05) is 6.07 Å². The molecule has 90 valence electrons. The zero-order valence-corrected chi connectivity index (χ0v) is 11.1. The van der Waals surface area contributed by atoms with E-state index in [9.17, 15) is 5.11 Å². The summed E-state index contributed by atoms with van der Waals surface area (Å²) >= 11 is 6.10. The van der Waals surface area contributed by atoms with Crippen molar-refractivity contribution in [2.24, 2.45) is 0 Å². The summed E-state index contributed by atoms with van der Waals surface area (Å²) in [5.41, 5.74) is 1.06. The van der Waals surface area contributed by atoms with Gasteiger partial charge in [-0.3, -0.25) is 4.90 Å². The molecule has 0 unspecified atom stereocenters. The first kappa shape index (κ1) is 13.3. The topological polar surface area (TPSA) is 23.5 Å². The summed E-state index contributed by atoms with van der Waals surface area (Å²) < 4.78 is 0.